The standard InChI is InChI=1S/C18H20O8/c1-11(19)25-14-8-9-15(21)18(23,16(14)26-12(2)20)10-24-17(22)13-6-4-3-5-7-13/h3-9,14-16,21,23H,10H2,1-2H3/t14?,15-,16+,18-/m0/s1. The van der Waals surface area contributed by atoms with E-state index in [4.69, 9.17) is 14.2 Å². The highest BCUT2D eigenvalue weighted by atomic mass is 16.6. The van der Waals surface area contributed by atoms with Crippen molar-refractivity contribution in [2.45, 2.75) is 37.8 Å². The fourth-order valence-corrected chi connectivity index (χ4v) is 2.58. The van der Waals surface area contributed by atoms with Crippen LogP contribution in [0, 0.1) is 0 Å². The third-order valence-electron chi connectivity index (χ3n) is 3.83. The molecule has 0 aromatic heterocycles. The largest absolute Gasteiger partial charge is 0.459 e. The van der Waals surface area contributed by atoms with Gasteiger partial charge in [0.15, 0.2) is 17.8 Å². The zero-order valence-corrected chi connectivity index (χ0v) is 14.3. The van der Waals surface area contributed by atoms with E-state index in [9.17, 15) is 24.6 Å². The Bertz CT molecular complexity index is 698. The molecule has 0 bridgehead atoms. The van der Waals surface area contributed by atoms with E-state index in [0.717, 1.165) is 13.8 Å². The lowest BCUT2D eigenvalue weighted by Crippen LogP contribution is -2.63. The molecular formula is C18H20O8. The normalized spacial score (nSPS) is 27.5. The Morgan fingerprint density at radius 3 is 2.23 bits per heavy atom. The molecule has 2 rings (SSSR count). The fraction of sp³-hybridized carbons (Fsp3) is 0.389. The van der Waals surface area contributed by atoms with Crippen molar-refractivity contribution in [1.82, 2.24) is 0 Å². The van der Waals surface area contributed by atoms with Crippen molar-refractivity contribution in [2.75, 3.05) is 6.61 Å². The van der Waals surface area contributed by atoms with Gasteiger partial charge in [0.25, 0.3) is 0 Å². The molecule has 8 nitrogen and oxygen atoms in total. The van der Waals surface area contributed by atoms with Gasteiger partial charge in [0, 0.05) is 13.8 Å². The highest BCUT2D eigenvalue weighted by molar-refractivity contribution is 5.89. The highest BCUT2D eigenvalue weighted by Gasteiger charge is 2.53. The summed E-state index contributed by atoms with van der Waals surface area (Å²) in [7, 11) is 0. The van der Waals surface area contributed by atoms with E-state index in [1.54, 1.807) is 18.2 Å². The van der Waals surface area contributed by atoms with Crippen molar-refractivity contribution in [3.63, 3.8) is 0 Å². The first kappa shape index (κ1) is 19.6. The third kappa shape index (κ3) is 4.47. The van der Waals surface area contributed by atoms with Gasteiger partial charge in [-0.3, -0.25) is 9.59 Å². The third-order valence-corrected chi connectivity index (χ3v) is 3.83. The Morgan fingerprint density at radius 1 is 1.04 bits per heavy atom. The molecule has 140 valence electrons. The predicted molar refractivity (Wildman–Crippen MR) is 87.9 cm³/mol. The van der Waals surface area contributed by atoms with E-state index in [2.05, 4.69) is 0 Å². The van der Waals surface area contributed by atoms with Gasteiger partial charge in [-0.1, -0.05) is 24.3 Å². The van der Waals surface area contributed by atoms with Crippen LogP contribution in [0.3, 0.4) is 0 Å². The molecule has 0 saturated heterocycles. The molecule has 0 spiro atoms. The molecule has 8 heteroatoms. The maximum Gasteiger partial charge on any atom is 0.338 e. The number of aliphatic hydroxyl groups excluding tert-OH is 1. The van der Waals surface area contributed by atoms with Crippen LogP contribution < -0.4 is 0 Å². The second-order valence-corrected chi connectivity index (χ2v) is 5.87. The lowest BCUT2D eigenvalue weighted by atomic mass is 9.82. The minimum absolute atomic E-state index is 0.248. The smallest absolute Gasteiger partial charge is 0.338 e. The van der Waals surface area contributed by atoms with Gasteiger partial charge >= 0.3 is 17.9 Å². The average Bonchev–Trinajstić information content (AvgIpc) is 2.60. The molecule has 0 fully saturated rings. The van der Waals surface area contributed by atoms with Crippen LogP contribution in [0.15, 0.2) is 42.5 Å². The molecule has 0 saturated carbocycles. The number of esters is 3. The molecular weight excluding hydrogens is 344 g/mol. The molecule has 1 aliphatic rings. The van der Waals surface area contributed by atoms with Crippen LogP contribution in [0.2, 0.25) is 0 Å². The van der Waals surface area contributed by atoms with E-state index >= 15 is 0 Å². The second kappa shape index (κ2) is 8.11. The maximum absolute atomic E-state index is 12.1. The molecule has 4 atom stereocenters. The first-order chi connectivity index (χ1) is 12.2. The van der Waals surface area contributed by atoms with Gasteiger partial charge in [0.05, 0.1) is 5.56 Å². The summed E-state index contributed by atoms with van der Waals surface area (Å²) in [5.74, 6) is -2.16. The van der Waals surface area contributed by atoms with E-state index in [1.165, 1.54) is 24.3 Å². The number of carbonyl (C=O) groups is 3. The maximum atomic E-state index is 12.1. The number of benzene rings is 1. The Morgan fingerprint density at radius 2 is 1.65 bits per heavy atom. The number of hydrogen-bond donors (Lipinski definition) is 2. The minimum atomic E-state index is -2.19. The first-order valence-electron chi connectivity index (χ1n) is 7.89. The molecule has 0 radical (unpaired) electrons. The summed E-state index contributed by atoms with van der Waals surface area (Å²) in [4.78, 5) is 34.8. The van der Waals surface area contributed by atoms with E-state index in [0.29, 0.717) is 0 Å². The molecule has 1 aliphatic carbocycles. The Hall–Kier alpha value is -2.71. The van der Waals surface area contributed by atoms with Crippen molar-refractivity contribution in [3.05, 3.63) is 48.0 Å². The molecule has 1 aromatic rings. The lowest BCUT2D eigenvalue weighted by molar-refractivity contribution is -0.211. The fourth-order valence-electron chi connectivity index (χ4n) is 2.58. The van der Waals surface area contributed by atoms with Crippen molar-refractivity contribution in [2.24, 2.45) is 0 Å². The molecule has 1 unspecified atom stereocenters. The number of aliphatic hydroxyl groups is 2. The Kier molecular flexibility index (Phi) is 6.12. The summed E-state index contributed by atoms with van der Waals surface area (Å²) in [6.45, 7) is 1.58. The highest BCUT2D eigenvalue weighted by Crippen LogP contribution is 2.30. The van der Waals surface area contributed by atoms with Gasteiger partial charge in [-0.05, 0) is 18.2 Å². The summed E-state index contributed by atoms with van der Waals surface area (Å²) in [5, 5.41) is 21.1. The minimum Gasteiger partial charge on any atom is -0.459 e. The summed E-state index contributed by atoms with van der Waals surface area (Å²) < 4.78 is 15.2. The zero-order chi connectivity index (χ0) is 19.3. The zero-order valence-electron chi connectivity index (χ0n) is 14.3. The quantitative estimate of drug-likeness (QED) is 0.437. The predicted octanol–water partition coefficient (Wildman–Crippen LogP) is 0.369. The van der Waals surface area contributed by atoms with Crippen molar-refractivity contribution in [1.29, 1.82) is 0 Å². The summed E-state index contributed by atoms with van der Waals surface area (Å²) in [6, 6.07) is 8.05. The van der Waals surface area contributed by atoms with E-state index in [1.807, 2.05) is 0 Å². The Labute approximate surface area is 150 Å². The van der Waals surface area contributed by atoms with Crippen LogP contribution in [0.4, 0.5) is 0 Å². The topological polar surface area (TPSA) is 119 Å². The Balaban J connectivity index is 2.22. The molecule has 0 heterocycles. The van der Waals surface area contributed by atoms with Gasteiger partial charge in [-0.2, -0.15) is 0 Å². The monoisotopic (exact) mass is 364 g/mol. The van der Waals surface area contributed by atoms with Crippen LogP contribution >= 0.6 is 0 Å². The molecule has 2 N–H and O–H groups in total. The van der Waals surface area contributed by atoms with Crippen LogP contribution in [0.25, 0.3) is 0 Å². The van der Waals surface area contributed by atoms with Crippen molar-refractivity contribution < 1.29 is 38.8 Å². The SMILES string of the molecule is CC(=O)OC1C=C[C@H](O)[C@@](O)(COC(=O)c2ccccc2)[C@@H]1OC(C)=O. The van der Waals surface area contributed by atoms with E-state index in [-0.39, 0.29) is 5.56 Å². The van der Waals surface area contributed by atoms with Gasteiger partial charge in [0.1, 0.15) is 12.7 Å². The van der Waals surface area contributed by atoms with Crippen molar-refractivity contribution >= 4 is 17.9 Å². The molecule has 0 amide bonds. The van der Waals surface area contributed by atoms with Crippen LogP contribution in [0.5, 0.6) is 0 Å². The number of ether oxygens (including phenoxy) is 3. The number of hydrogen-bond acceptors (Lipinski definition) is 8. The van der Waals surface area contributed by atoms with Crippen LogP contribution in [0.1, 0.15) is 24.2 Å². The van der Waals surface area contributed by atoms with Gasteiger partial charge < -0.3 is 24.4 Å². The van der Waals surface area contributed by atoms with Gasteiger partial charge in [-0.15, -0.1) is 0 Å². The lowest BCUT2D eigenvalue weighted by Gasteiger charge is -2.42. The summed E-state index contributed by atoms with van der Waals surface area (Å²) >= 11 is 0. The number of rotatable bonds is 5. The number of carbonyl (C=O) groups excluding carboxylic acids is 3. The summed E-state index contributed by atoms with van der Waals surface area (Å²) in [5.41, 5.74) is -1.94. The average molecular weight is 364 g/mol. The molecule has 1 aromatic carbocycles. The van der Waals surface area contributed by atoms with Crippen LogP contribution in [-0.2, 0) is 23.8 Å². The van der Waals surface area contributed by atoms with Gasteiger partial charge in [-0.25, -0.2) is 4.79 Å². The summed E-state index contributed by atoms with van der Waals surface area (Å²) in [6.07, 6.45) is -1.62. The first-order valence-corrected chi connectivity index (χ1v) is 7.89. The van der Waals surface area contributed by atoms with E-state index < -0.39 is 48.4 Å². The van der Waals surface area contributed by atoms with Crippen LogP contribution in [-0.4, -0.2) is 58.6 Å². The van der Waals surface area contributed by atoms with Crippen molar-refractivity contribution in [3.8, 4) is 0 Å². The van der Waals surface area contributed by atoms with Gasteiger partial charge in [0.2, 0.25) is 0 Å². The second-order valence-electron chi connectivity index (χ2n) is 5.87. The molecule has 0 aliphatic heterocycles. The molecule has 26 heavy (non-hydrogen) atoms.